The van der Waals surface area contributed by atoms with E-state index in [0.717, 1.165) is 32.6 Å². The number of carbonyl (C=O) groups is 1. The number of imidazole rings is 1. The fourth-order valence-corrected chi connectivity index (χ4v) is 4.67. The summed E-state index contributed by atoms with van der Waals surface area (Å²) >= 11 is 0. The summed E-state index contributed by atoms with van der Waals surface area (Å²) in [6.07, 6.45) is 12.1. The minimum absolute atomic E-state index is 0.326. The van der Waals surface area contributed by atoms with Crippen molar-refractivity contribution in [2.24, 2.45) is 0 Å². The summed E-state index contributed by atoms with van der Waals surface area (Å²) in [6.45, 7) is 6.73. The Labute approximate surface area is 151 Å². The van der Waals surface area contributed by atoms with Gasteiger partial charge in [-0.05, 0) is 52.1 Å². The van der Waals surface area contributed by atoms with Gasteiger partial charge in [0.1, 0.15) is 5.82 Å². The molecule has 1 aromatic rings. The van der Waals surface area contributed by atoms with Gasteiger partial charge in [0.15, 0.2) is 0 Å². The quantitative estimate of drug-likeness (QED) is 0.843. The zero-order valence-corrected chi connectivity index (χ0v) is 15.6. The van der Waals surface area contributed by atoms with Gasteiger partial charge in [0.25, 0.3) is 0 Å². The first-order valence-electron chi connectivity index (χ1n) is 10.3. The van der Waals surface area contributed by atoms with E-state index < -0.39 is 0 Å². The molecular weight excluding hydrogens is 312 g/mol. The summed E-state index contributed by atoms with van der Waals surface area (Å²) in [6, 6.07) is 0.422. The molecule has 0 aromatic carbocycles. The van der Waals surface area contributed by atoms with Gasteiger partial charge < -0.3 is 9.47 Å². The number of nitrogens with zero attached hydrogens (tertiary/aromatic N) is 4. The molecule has 0 bridgehead atoms. The van der Waals surface area contributed by atoms with Crippen LogP contribution in [-0.2, 0) is 4.79 Å². The lowest BCUT2D eigenvalue weighted by molar-refractivity contribution is -0.131. The van der Waals surface area contributed by atoms with Crippen molar-refractivity contribution in [2.45, 2.75) is 70.3 Å². The first-order valence-corrected chi connectivity index (χ1v) is 10.3. The van der Waals surface area contributed by atoms with Gasteiger partial charge in [0.2, 0.25) is 5.91 Å². The van der Waals surface area contributed by atoms with Gasteiger partial charge in [0.05, 0.1) is 12.6 Å². The molecule has 2 aliphatic heterocycles. The van der Waals surface area contributed by atoms with Crippen molar-refractivity contribution in [3.05, 3.63) is 17.7 Å². The highest BCUT2D eigenvalue weighted by Gasteiger charge is 2.33. The molecule has 0 spiro atoms. The Hall–Kier alpha value is -1.36. The van der Waals surface area contributed by atoms with E-state index in [1.807, 2.05) is 6.20 Å². The Morgan fingerprint density at radius 3 is 2.52 bits per heavy atom. The SMILES string of the molecule is Cc1cnc(C2CCC2)n1C1CCN(C(=O)CN2CCCCCC2)C1. The van der Waals surface area contributed by atoms with Crippen molar-refractivity contribution in [1.29, 1.82) is 0 Å². The van der Waals surface area contributed by atoms with Gasteiger partial charge in [-0.1, -0.05) is 19.3 Å². The highest BCUT2D eigenvalue weighted by Crippen LogP contribution is 2.38. The smallest absolute Gasteiger partial charge is 0.236 e. The molecule has 5 heteroatoms. The predicted octanol–water partition coefficient (Wildman–Crippen LogP) is 3.11. The van der Waals surface area contributed by atoms with Crippen molar-refractivity contribution < 1.29 is 4.79 Å². The molecule has 3 heterocycles. The van der Waals surface area contributed by atoms with Crippen LogP contribution in [0.1, 0.15) is 74.8 Å². The second kappa shape index (κ2) is 7.48. The summed E-state index contributed by atoms with van der Waals surface area (Å²) < 4.78 is 2.45. The van der Waals surface area contributed by atoms with Crippen LogP contribution in [0.5, 0.6) is 0 Å². The summed E-state index contributed by atoms with van der Waals surface area (Å²) in [7, 11) is 0. The Morgan fingerprint density at radius 1 is 1.08 bits per heavy atom. The fraction of sp³-hybridized carbons (Fsp3) is 0.800. The topological polar surface area (TPSA) is 41.4 Å². The maximum absolute atomic E-state index is 12.8. The van der Waals surface area contributed by atoms with E-state index >= 15 is 0 Å². The van der Waals surface area contributed by atoms with Crippen LogP contribution in [0.4, 0.5) is 0 Å². The van der Waals surface area contributed by atoms with Gasteiger partial charge in [-0.15, -0.1) is 0 Å². The number of carbonyl (C=O) groups excluding carboxylic acids is 1. The third-order valence-electron chi connectivity index (χ3n) is 6.42. The molecule has 1 atom stereocenters. The Kier molecular flexibility index (Phi) is 5.11. The van der Waals surface area contributed by atoms with Crippen LogP contribution < -0.4 is 0 Å². The maximum atomic E-state index is 12.8. The Balaban J connectivity index is 1.38. The molecule has 2 saturated heterocycles. The molecule has 5 nitrogen and oxygen atoms in total. The second-order valence-corrected chi connectivity index (χ2v) is 8.23. The number of hydrogen-bond donors (Lipinski definition) is 0. The standard InChI is InChI=1S/C20H32N4O/c1-16-13-21-20(17-7-6-8-17)24(16)18-9-12-23(14-18)19(25)15-22-10-4-2-3-5-11-22/h13,17-18H,2-12,14-15H2,1H3. The van der Waals surface area contributed by atoms with Gasteiger partial charge in [-0.2, -0.15) is 0 Å². The van der Waals surface area contributed by atoms with Crippen molar-refractivity contribution in [3.8, 4) is 0 Å². The minimum atomic E-state index is 0.326. The number of rotatable bonds is 4. The number of aryl methyl sites for hydroxylation is 1. The summed E-state index contributed by atoms with van der Waals surface area (Å²) in [5.74, 6) is 2.25. The zero-order chi connectivity index (χ0) is 17.2. The van der Waals surface area contributed by atoms with E-state index in [-0.39, 0.29) is 0 Å². The highest BCUT2D eigenvalue weighted by molar-refractivity contribution is 5.78. The van der Waals surface area contributed by atoms with E-state index in [4.69, 9.17) is 4.98 Å². The van der Waals surface area contributed by atoms with Crippen LogP contribution >= 0.6 is 0 Å². The van der Waals surface area contributed by atoms with E-state index in [0.29, 0.717) is 24.4 Å². The third kappa shape index (κ3) is 3.62. The largest absolute Gasteiger partial charge is 0.339 e. The minimum Gasteiger partial charge on any atom is -0.339 e. The van der Waals surface area contributed by atoms with Gasteiger partial charge in [-0.25, -0.2) is 4.98 Å². The molecule has 0 N–H and O–H groups in total. The molecule has 25 heavy (non-hydrogen) atoms. The molecule has 1 aliphatic carbocycles. The Morgan fingerprint density at radius 2 is 1.84 bits per heavy atom. The first-order chi connectivity index (χ1) is 12.2. The van der Waals surface area contributed by atoms with Crippen LogP contribution in [0.25, 0.3) is 0 Å². The third-order valence-corrected chi connectivity index (χ3v) is 6.42. The predicted molar refractivity (Wildman–Crippen MR) is 98.7 cm³/mol. The second-order valence-electron chi connectivity index (χ2n) is 8.23. The van der Waals surface area contributed by atoms with E-state index in [9.17, 15) is 4.79 Å². The van der Waals surface area contributed by atoms with Gasteiger partial charge in [0, 0.05) is 30.9 Å². The van der Waals surface area contributed by atoms with Crippen LogP contribution in [-0.4, -0.2) is 58.0 Å². The molecular formula is C20H32N4O. The normalized spacial score (nSPS) is 25.8. The van der Waals surface area contributed by atoms with Crippen molar-refractivity contribution in [2.75, 3.05) is 32.7 Å². The number of amides is 1. The Bertz CT molecular complexity index is 599. The van der Waals surface area contributed by atoms with Gasteiger partial charge >= 0.3 is 0 Å². The number of hydrogen-bond acceptors (Lipinski definition) is 3. The monoisotopic (exact) mass is 344 g/mol. The lowest BCUT2D eigenvalue weighted by Crippen LogP contribution is -2.39. The van der Waals surface area contributed by atoms with Gasteiger partial charge in [-0.3, -0.25) is 9.69 Å². The molecule has 3 aliphatic rings. The molecule has 138 valence electrons. The van der Waals surface area contributed by atoms with E-state index in [2.05, 4.69) is 21.3 Å². The van der Waals surface area contributed by atoms with Crippen molar-refractivity contribution in [1.82, 2.24) is 19.4 Å². The van der Waals surface area contributed by atoms with Crippen LogP contribution in [0, 0.1) is 6.92 Å². The molecule has 1 amide bonds. The van der Waals surface area contributed by atoms with Crippen LogP contribution in [0.15, 0.2) is 6.20 Å². The highest BCUT2D eigenvalue weighted by atomic mass is 16.2. The van der Waals surface area contributed by atoms with Crippen molar-refractivity contribution >= 4 is 5.91 Å². The summed E-state index contributed by atoms with van der Waals surface area (Å²) in [5, 5.41) is 0. The summed E-state index contributed by atoms with van der Waals surface area (Å²) in [5.41, 5.74) is 1.26. The summed E-state index contributed by atoms with van der Waals surface area (Å²) in [4.78, 5) is 21.9. The number of aromatic nitrogens is 2. The average Bonchev–Trinajstić information content (AvgIpc) is 3.07. The average molecular weight is 345 g/mol. The van der Waals surface area contributed by atoms with Crippen LogP contribution in [0.2, 0.25) is 0 Å². The lowest BCUT2D eigenvalue weighted by Gasteiger charge is -2.28. The first kappa shape index (κ1) is 17.1. The molecule has 0 radical (unpaired) electrons. The fourth-order valence-electron chi connectivity index (χ4n) is 4.67. The maximum Gasteiger partial charge on any atom is 0.236 e. The number of likely N-dealkylation sites (tertiary alicyclic amines) is 2. The molecule has 1 aromatic heterocycles. The molecule has 3 fully saturated rings. The molecule has 4 rings (SSSR count). The van der Waals surface area contributed by atoms with E-state index in [1.165, 1.54) is 56.5 Å². The zero-order valence-electron chi connectivity index (χ0n) is 15.6. The lowest BCUT2D eigenvalue weighted by atomic mass is 9.84. The molecule has 1 unspecified atom stereocenters. The molecule has 1 saturated carbocycles. The van der Waals surface area contributed by atoms with E-state index in [1.54, 1.807) is 0 Å². The van der Waals surface area contributed by atoms with Crippen LogP contribution in [0.3, 0.4) is 0 Å². The van der Waals surface area contributed by atoms with Crippen molar-refractivity contribution in [3.63, 3.8) is 0 Å².